The molecule has 2 N–H and O–H groups in total. The van der Waals surface area contributed by atoms with Crippen LogP contribution >= 0.6 is 0 Å². The highest BCUT2D eigenvalue weighted by molar-refractivity contribution is 5.77. The van der Waals surface area contributed by atoms with Crippen molar-refractivity contribution in [2.75, 3.05) is 0 Å². The first kappa shape index (κ1) is 16.0. The lowest BCUT2D eigenvalue weighted by molar-refractivity contribution is -0.137. The number of hydrogen-bond donors (Lipinski definition) is 2. The van der Waals surface area contributed by atoms with Crippen molar-refractivity contribution in [1.29, 1.82) is 0 Å². The number of nitrogens with one attached hydrogen (secondary N) is 1. The molecule has 4 nitrogen and oxygen atoms in total. The van der Waals surface area contributed by atoms with Gasteiger partial charge in [0.05, 0.1) is 6.42 Å². The fourth-order valence-electron chi connectivity index (χ4n) is 2.90. The average Bonchev–Trinajstić information content (AvgIpc) is 2.56. The van der Waals surface area contributed by atoms with Gasteiger partial charge in [-0.25, -0.2) is 0 Å². The van der Waals surface area contributed by atoms with Gasteiger partial charge in [0.15, 0.2) is 0 Å². The second-order valence-electron chi connectivity index (χ2n) is 5.71. The maximum absolute atomic E-state index is 12.0. The number of carbonyl (C=O) groups is 2. The lowest BCUT2D eigenvalue weighted by atomic mass is 9.96. The van der Waals surface area contributed by atoms with Gasteiger partial charge in [0, 0.05) is 12.5 Å². The molecule has 0 saturated heterocycles. The van der Waals surface area contributed by atoms with Crippen LogP contribution in [0.4, 0.5) is 0 Å². The first-order valence-corrected chi connectivity index (χ1v) is 7.63. The number of hydrogen-bond acceptors (Lipinski definition) is 2. The first-order valence-electron chi connectivity index (χ1n) is 7.63. The summed E-state index contributed by atoms with van der Waals surface area (Å²) in [7, 11) is 0. The molecule has 0 spiro atoms. The van der Waals surface area contributed by atoms with Crippen molar-refractivity contribution in [2.45, 2.75) is 77.2 Å². The van der Waals surface area contributed by atoms with E-state index in [0.717, 1.165) is 25.7 Å². The zero-order valence-electron chi connectivity index (χ0n) is 12.0. The van der Waals surface area contributed by atoms with E-state index in [1.54, 1.807) is 0 Å². The minimum atomic E-state index is -0.840. The van der Waals surface area contributed by atoms with Gasteiger partial charge >= 0.3 is 5.97 Å². The fourth-order valence-corrected chi connectivity index (χ4v) is 2.90. The Morgan fingerprint density at radius 3 is 2.37 bits per heavy atom. The van der Waals surface area contributed by atoms with Crippen LogP contribution in [0.3, 0.4) is 0 Å². The maximum atomic E-state index is 12.0. The van der Waals surface area contributed by atoms with Gasteiger partial charge < -0.3 is 10.4 Å². The molecule has 1 aliphatic rings. The average molecular weight is 269 g/mol. The van der Waals surface area contributed by atoms with Crippen LogP contribution in [0, 0.1) is 5.92 Å². The van der Waals surface area contributed by atoms with Crippen LogP contribution in [0.2, 0.25) is 0 Å². The Morgan fingerprint density at radius 1 is 1.21 bits per heavy atom. The summed E-state index contributed by atoms with van der Waals surface area (Å²) in [6.45, 7) is 2.01. The molecule has 1 amide bonds. The van der Waals surface area contributed by atoms with Crippen molar-refractivity contribution in [1.82, 2.24) is 5.32 Å². The van der Waals surface area contributed by atoms with E-state index in [0.29, 0.717) is 12.3 Å². The number of amides is 1. The Morgan fingerprint density at radius 2 is 1.84 bits per heavy atom. The Hall–Kier alpha value is -1.06. The molecule has 0 aliphatic heterocycles. The van der Waals surface area contributed by atoms with Crippen molar-refractivity contribution in [3.8, 4) is 0 Å². The first-order chi connectivity index (χ1) is 9.11. The van der Waals surface area contributed by atoms with E-state index in [1.807, 2.05) is 6.92 Å². The molecule has 1 aliphatic carbocycles. The van der Waals surface area contributed by atoms with Gasteiger partial charge in [0.2, 0.25) is 5.91 Å². The summed E-state index contributed by atoms with van der Waals surface area (Å²) < 4.78 is 0. The summed E-state index contributed by atoms with van der Waals surface area (Å²) in [5, 5.41) is 11.7. The molecule has 0 aromatic carbocycles. The summed E-state index contributed by atoms with van der Waals surface area (Å²) in [5.41, 5.74) is 0. The summed E-state index contributed by atoms with van der Waals surface area (Å²) in [5.74, 6) is -0.311. The lowest BCUT2D eigenvalue weighted by Crippen LogP contribution is -2.37. The SMILES string of the molecule is CCCC(CC(=O)O)NC(=O)CC1CCCCCC1. The topological polar surface area (TPSA) is 66.4 Å². The van der Waals surface area contributed by atoms with Crippen molar-refractivity contribution in [3.63, 3.8) is 0 Å². The summed E-state index contributed by atoms with van der Waals surface area (Å²) in [6.07, 6.45) is 9.55. The molecule has 1 rings (SSSR count). The predicted octanol–water partition coefficient (Wildman–Crippen LogP) is 3.11. The van der Waals surface area contributed by atoms with E-state index < -0.39 is 5.97 Å². The number of carbonyl (C=O) groups excluding carboxylic acids is 1. The summed E-state index contributed by atoms with van der Waals surface area (Å²) in [4.78, 5) is 22.7. The third kappa shape index (κ3) is 7.19. The number of carboxylic acids is 1. The van der Waals surface area contributed by atoms with Gasteiger partial charge in [-0.05, 0) is 25.2 Å². The normalized spacial score (nSPS) is 18.6. The summed E-state index contributed by atoms with van der Waals surface area (Å²) >= 11 is 0. The minimum Gasteiger partial charge on any atom is -0.481 e. The van der Waals surface area contributed by atoms with E-state index in [-0.39, 0.29) is 18.4 Å². The molecule has 110 valence electrons. The second-order valence-corrected chi connectivity index (χ2v) is 5.71. The zero-order chi connectivity index (χ0) is 14.1. The highest BCUT2D eigenvalue weighted by Crippen LogP contribution is 2.25. The molecule has 4 heteroatoms. The van der Waals surface area contributed by atoms with E-state index >= 15 is 0 Å². The van der Waals surface area contributed by atoms with E-state index in [9.17, 15) is 9.59 Å². The molecule has 19 heavy (non-hydrogen) atoms. The van der Waals surface area contributed by atoms with Crippen LogP contribution in [0.5, 0.6) is 0 Å². The smallest absolute Gasteiger partial charge is 0.305 e. The Kier molecular flexibility index (Phi) is 7.53. The van der Waals surface area contributed by atoms with Gasteiger partial charge in [-0.2, -0.15) is 0 Å². The second kappa shape index (κ2) is 8.94. The number of rotatable bonds is 7. The quantitative estimate of drug-likeness (QED) is 0.698. The van der Waals surface area contributed by atoms with Gasteiger partial charge in [0.1, 0.15) is 0 Å². The van der Waals surface area contributed by atoms with Crippen LogP contribution in [0.15, 0.2) is 0 Å². The Balaban J connectivity index is 2.35. The third-order valence-corrected chi connectivity index (χ3v) is 3.87. The third-order valence-electron chi connectivity index (χ3n) is 3.87. The molecule has 0 heterocycles. The fraction of sp³-hybridized carbons (Fsp3) is 0.867. The van der Waals surface area contributed by atoms with Crippen LogP contribution in [0.25, 0.3) is 0 Å². The predicted molar refractivity (Wildman–Crippen MR) is 74.9 cm³/mol. The highest BCUT2D eigenvalue weighted by Gasteiger charge is 2.19. The lowest BCUT2D eigenvalue weighted by Gasteiger charge is -2.19. The van der Waals surface area contributed by atoms with Crippen LogP contribution in [0.1, 0.15) is 71.1 Å². The van der Waals surface area contributed by atoms with Gasteiger partial charge in [0.25, 0.3) is 0 Å². The Labute approximate surface area is 116 Å². The van der Waals surface area contributed by atoms with Gasteiger partial charge in [-0.1, -0.05) is 39.0 Å². The monoisotopic (exact) mass is 269 g/mol. The van der Waals surface area contributed by atoms with E-state index in [1.165, 1.54) is 25.7 Å². The molecule has 1 saturated carbocycles. The molecular formula is C15H27NO3. The van der Waals surface area contributed by atoms with Crippen molar-refractivity contribution in [3.05, 3.63) is 0 Å². The van der Waals surface area contributed by atoms with Crippen molar-refractivity contribution < 1.29 is 14.7 Å². The van der Waals surface area contributed by atoms with Gasteiger partial charge in [-0.15, -0.1) is 0 Å². The minimum absolute atomic E-state index is 0.0320. The van der Waals surface area contributed by atoms with Crippen LogP contribution in [-0.4, -0.2) is 23.0 Å². The molecule has 1 fully saturated rings. The summed E-state index contributed by atoms with van der Waals surface area (Å²) in [6, 6.07) is -0.208. The largest absolute Gasteiger partial charge is 0.481 e. The van der Waals surface area contributed by atoms with Crippen LogP contribution < -0.4 is 5.32 Å². The van der Waals surface area contributed by atoms with E-state index in [4.69, 9.17) is 5.11 Å². The standard InChI is InChI=1S/C15H27NO3/c1-2-7-13(11-15(18)19)16-14(17)10-12-8-5-3-4-6-9-12/h12-13H,2-11H2,1H3,(H,16,17)(H,18,19). The number of carboxylic acid groups (broad SMARTS) is 1. The molecule has 0 radical (unpaired) electrons. The molecule has 0 bridgehead atoms. The molecular weight excluding hydrogens is 242 g/mol. The van der Waals surface area contributed by atoms with Crippen molar-refractivity contribution >= 4 is 11.9 Å². The van der Waals surface area contributed by atoms with E-state index in [2.05, 4.69) is 5.32 Å². The molecule has 1 atom stereocenters. The molecule has 1 unspecified atom stereocenters. The van der Waals surface area contributed by atoms with Gasteiger partial charge in [-0.3, -0.25) is 9.59 Å². The molecule has 0 aromatic rings. The zero-order valence-corrected chi connectivity index (χ0v) is 12.0. The Bertz CT molecular complexity index is 283. The van der Waals surface area contributed by atoms with Crippen LogP contribution in [-0.2, 0) is 9.59 Å². The number of aliphatic carboxylic acids is 1. The highest BCUT2D eigenvalue weighted by atomic mass is 16.4. The molecule has 0 aromatic heterocycles. The maximum Gasteiger partial charge on any atom is 0.305 e. The van der Waals surface area contributed by atoms with Crippen molar-refractivity contribution in [2.24, 2.45) is 5.92 Å².